The molecule has 5 nitrogen and oxygen atoms in total. The van der Waals surface area contributed by atoms with Crippen LogP contribution in [0.25, 0.3) is 0 Å². The standard InChI is InChI=1S/C21H26FN3O2/c1-24(2)20-9-8-18(23)12-16(20)13-25(14-19-7-4-10-27-19)21(26)15-5-3-6-17(22)11-15/h3,5-6,8-9,11-12,19H,4,7,10,13-14,23H2,1-2H3/t19-/m0/s1. The molecule has 6 heteroatoms. The molecule has 1 aliphatic rings. The van der Waals surface area contributed by atoms with Gasteiger partial charge in [0.1, 0.15) is 5.82 Å². The van der Waals surface area contributed by atoms with Crippen molar-refractivity contribution < 1.29 is 13.9 Å². The highest BCUT2D eigenvalue weighted by atomic mass is 19.1. The molecule has 1 fully saturated rings. The Bertz CT molecular complexity index is 804. The van der Waals surface area contributed by atoms with Crippen LogP contribution in [0.2, 0.25) is 0 Å². The molecule has 1 atom stereocenters. The minimum absolute atomic E-state index is 0.00590. The average Bonchev–Trinajstić information content (AvgIpc) is 3.13. The van der Waals surface area contributed by atoms with Crippen molar-refractivity contribution in [2.45, 2.75) is 25.5 Å². The molecular weight excluding hydrogens is 345 g/mol. The molecule has 0 spiro atoms. The highest BCUT2D eigenvalue weighted by molar-refractivity contribution is 5.94. The van der Waals surface area contributed by atoms with Gasteiger partial charge in [0.05, 0.1) is 6.10 Å². The van der Waals surface area contributed by atoms with Crippen molar-refractivity contribution >= 4 is 17.3 Å². The Morgan fingerprint density at radius 1 is 1.26 bits per heavy atom. The van der Waals surface area contributed by atoms with E-state index in [1.165, 1.54) is 12.1 Å². The van der Waals surface area contributed by atoms with Gasteiger partial charge in [-0.15, -0.1) is 0 Å². The van der Waals surface area contributed by atoms with Crippen LogP contribution >= 0.6 is 0 Å². The van der Waals surface area contributed by atoms with E-state index in [4.69, 9.17) is 10.5 Å². The first-order valence-corrected chi connectivity index (χ1v) is 9.16. The Labute approximate surface area is 159 Å². The molecular formula is C21H26FN3O2. The van der Waals surface area contributed by atoms with E-state index in [0.29, 0.717) is 30.9 Å². The number of rotatable bonds is 6. The first kappa shape index (κ1) is 19.2. The third-order valence-corrected chi connectivity index (χ3v) is 4.75. The van der Waals surface area contributed by atoms with Crippen molar-refractivity contribution in [3.05, 3.63) is 59.4 Å². The second kappa shape index (κ2) is 8.39. The fourth-order valence-corrected chi connectivity index (χ4v) is 3.43. The van der Waals surface area contributed by atoms with Gasteiger partial charge in [0, 0.05) is 50.7 Å². The van der Waals surface area contributed by atoms with E-state index >= 15 is 0 Å². The number of anilines is 2. The van der Waals surface area contributed by atoms with Gasteiger partial charge >= 0.3 is 0 Å². The van der Waals surface area contributed by atoms with Crippen molar-refractivity contribution in [2.75, 3.05) is 37.9 Å². The summed E-state index contributed by atoms with van der Waals surface area (Å²) >= 11 is 0. The van der Waals surface area contributed by atoms with E-state index < -0.39 is 5.82 Å². The fraction of sp³-hybridized carbons (Fsp3) is 0.381. The van der Waals surface area contributed by atoms with E-state index in [0.717, 1.165) is 24.1 Å². The van der Waals surface area contributed by atoms with Crippen LogP contribution in [0.1, 0.15) is 28.8 Å². The Kier molecular flexibility index (Phi) is 5.96. The summed E-state index contributed by atoms with van der Waals surface area (Å²) in [4.78, 5) is 16.8. The lowest BCUT2D eigenvalue weighted by Gasteiger charge is -2.28. The minimum Gasteiger partial charge on any atom is -0.399 e. The number of benzene rings is 2. The van der Waals surface area contributed by atoms with E-state index in [1.54, 1.807) is 17.0 Å². The van der Waals surface area contributed by atoms with Crippen molar-refractivity contribution in [3.8, 4) is 0 Å². The van der Waals surface area contributed by atoms with Crippen LogP contribution in [-0.2, 0) is 11.3 Å². The molecule has 1 aliphatic heterocycles. The predicted molar refractivity (Wildman–Crippen MR) is 105 cm³/mol. The molecule has 3 rings (SSSR count). The van der Waals surface area contributed by atoms with Gasteiger partial charge in [-0.25, -0.2) is 4.39 Å². The second-order valence-corrected chi connectivity index (χ2v) is 7.11. The van der Waals surface area contributed by atoms with Gasteiger partial charge in [0.2, 0.25) is 0 Å². The van der Waals surface area contributed by atoms with Gasteiger partial charge in [-0.1, -0.05) is 6.07 Å². The molecule has 0 saturated carbocycles. The number of carbonyl (C=O) groups excluding carboxylic acids is 1. The largest absolute Gasteiger partial charge is 0.399 e. The highest BCUT2D eigenvalue weighted by Crippen LogP contribution is 2.25. The first-order valence-electron chi connectivity index (χ1n) is 9.16. The summed E-state index contributed by atoms with van der Waals surface area (Å²) in [5, 5.41) is 0. The van der Waals surface area contributed by atoms with Crippen molar-refractivity contribution in [1.82, 2.24) is 4.90 Å². The minimum atomic E-state index is -0.421. The van der Waals surface area contributed by atoms with Gasteiger partial charge in [-0.05, 0) is 54.8 Å². The smallest absolute Gasteiger partial charge is 0.254 e. The molecule has 0 unspecified atom stereocenters. The second-order valence-electron chi connectivity index (χ2n) is 7.11. The van der Waals surface area contributed by atoms with Crippen LogP contribution in [0.15, 0.2) is 42.5 Å². The number of halogens is 1. The van der Waals surface area contributed by atoms with Gasteiger partial charge < -0.3 is 20.3 Å². The maximum atomic E-state index is 13.6. The van der Waals surface area contributed by atoms with Gasteiger partial charge in [-0.3, -0.25) is 4.79 Å². The molecule has 2 N–H and O–H groups in total. The average molecular weight is 371 g/mol. The van der Waals surface area contributed by atoms with E-state index in [9.17, 15) is 9.18 Å². The number of nitrogen functional groups attached to an aromatic ring is 1. The zero-order valence-corrected chi connectivity index (χ0v) is 15.8. The van der Waals surface area contributed by atoms with Crippen LogP contribution in [0.3, 0.4) is 0 Å². The molecule has 1 saturated heterocycles. The molecule has 0 aromatic heterocycles. The van der Waals surface area contributed by atoms with Crippen molar-refractivity contribution in [1.29, 1.82) is 0 Å². The number of ether oxygens (including phenoxy) is 1. The summed E-state index contributed by atoms with van der Waals surface area (Å²) in [6.07, 6.45) is 1.92. The first-order chi connectivity index (χ1) is 12.9. The summed E-state index contributed by atoms with van der Waals surface area (Å²) in [5.74, 6) is -0.631. The van der Waals surface area contributed by atoms with Crippen LogP contribution in [0.5, 0.6) is 0 Å². The summed E-state index contributed by atoms with van der Waals surface area (Å²) in [5.41, 5.74) is 8.90. The molecule has 27 heavy (non-hydrogen) atoms. The zero-order chi connectivity index (χ0) is 19.4. The number of nitrogens with two attached hydrogens (primary N) is 1. The van der Waals surface area contributed by atoms with Crippen molar-refractivity contribution in [2.24, 2.45) is 0 Å². The lowest BCUT2D eigenvalue weighted by Crippen LogP contribution is -2.37. The maximum Gasteiger partial charge on any atom is 0.254 e. The molecule has 1 amide bonds. The topological polar surface area (TPSA) is 58.8 Å². The molecule has 2 aromatic carbocycles. The van der Waals surface area contributed by atoms with E-state index in [2.05, 4.69) is 0 Å². The number of carbonyl (C=O) groups is 1. The summed E-state index contributed by atoms with van der Waals surface area (Å²) in [6.45, 7) is 1.57. The van der Waals surface area contributed by atoms with Crippen LogP contribution in [0.4, 0.5) is 15.8 Å². The quantitative estimate of drug-likeness (QED) is 0.792. The lowest BCUT2D eigenvalue weighted by molar-refractivity contribution is 0.0507. The van der Waals surface area contributed by atoms with Crippen LogP contribution in [-0.4, -0.2) is 44.2 Å². The maximum absolute atomic E-state index is 13.6. The highest BCUT2D eigenvalue weighted by Gasteiger charge is 2.25. The number of hydrogen-bond donors (Lipinski definition) is 1. The number of hydrogen-bond acceptors (Lipinski definition) is 4. The van der Waals surface area contributed by atoms with Gasteiger partial charge in [-0.2, -0.15) is 0 Å². The zero-order valence-electron chi connectivity index (χ0n) is 15.8. The number of amides is 1. The molecule has 144 valence electrons. The summed E-state index contributed by atoms with van der Waals surface area (Å²) in [6, 6.07) is 11.5. The Balaban J connectivity index is 1.90. The van der Waals surface area contributed by atoms with Crippen molar-refractivity contribution in [3.63, 3.8) is 0 Å². The summed E-state index contributed by atoms with van der Waals surface area (Å²) in [7, 11) is 3.90. The third-order valence-electron chi connectivity index (χ3n) is 4.75. The van der Waals surface area contributed by atoms with Crippen LogP contribution < -0.4 is 10.6 Å². The van der Waals surface area contributed by atoms with Gasteiger partial charge in [0.15, 0.2) is 0 Å². The molecule has 1 heterocycles. The van der Waals surface area contributed by atoms with Gasteiger partial charge in [0.25, 0.3) is 5.91 Å². The molecule has 0 aliphatic carbocycles. The SMILES string of the molecule is CN(C)c1ccc(N)cc1CN(C[C@@H]1CCCO1)C(=O)c1cccc(F)c1. The molecule has 2 aromatic rings. The van der Waals surface area contributed by atoms with E-state index in [-0.39, 0.29) is 12.0 Å². The summed E-state index contributed by atoms with van der Waals surface area (Å²) < 4.78 is 19.4. The normalized spacial score (nSPS) is 16.3. The van der Waals surface area contributed by atoms with Crippen LogP contribution in [0, 0.1) is 5.82 Å². The third kappa shape index (κ3) is 4.77. The Morgan fingerprint density at radius 2 is 2.07 bits per heavy atom. The number of nitrogens with zero attached hydrogens (tertiary/aromatic N) is 2. The van der Waals surface area contributed by atoms with E-state index in [1.807, 2.05) is 37.2 Å². The Hall–Kier alpha value is -2.60. The Morgan fingerprint density at radius 3 is 2.74 bits per heavy atom. The predicted octanol–water partition coefficient (Wildman–Crippen LogP) is 3.30. The molecule has 0 bridgehead atoms. The fourth-order valence-electron chi connectivity index (χ4n) is 3.43. The lowest BCUT2D eigenvalue weighted by atomic mass is 10.1. The molecule has 0 radical (unpaired) electrons. The monoisotopic (exact) mass is 371 g/mol.